The molecule has 156 valence electrons. The Balaban J connectivity index is 1.56. The minimum absolute atomic E-state index is 0.245. The van der Waals surface area contributed by atoms with Crippen LogP contribution in [0.25, 0.3) is 0 Å². The molecule has 1 saturated heterocycles. The number of aliphatic imine (C=N–C) groups is 1. The molecule has 0 aliphatic carbocycles. The van der Waals surface area contributed by atoms with Gasteiger partial charge in [-0.25, -0.2) is 9.98 Å². The van der Waals surface area contributed by atoms with E-state index in [1.807, 2.05) is 30.5 Å². The number of ether oxygens (including phenoxy) is 2. The molecule has 0 saturated carbocycles. The average Bonchev–Trinajstić information content (AvgIpc) is 2.76. The zero-order chi connectivity index (χ0) is 20.5. The van der Waals surface area contributed by atoms with E-state index in [1.54, 1.807) is 7.11 Å². The van der Waals surface area contributed by atoms with Gasteiger partial charge in [0, 0.05) is 32.4 Å². The Bertz CT molecular complexity index is 777. The van der Waals surface area contributed by atoms with Gasteiger partial charge in [0.15, 0.2) is 5.96 Å². The Morgan fingerprint density at radius 3 is 2.66 bits per heavy atom. The van der Waals surface area contributed by atoms with Crippen molar-refractivity contribution in [1.29, 1.82) is 0 Å². The predicted octanol–water partition coefficient (Wildman–Crippen LogP) is 2.57. The molecule has 0 bridgehead atoms. The summed E-state index contributed by atoms with van der Waals surface area (Å²) in [5, 5.41) is 6.65. The number of rotatable bonds is 7. The number of nitrogens with zero attached hydrogens (tertiary/aromatic N) is 3. The maximum Gasteiger partial charge on any atom is 0.191 e. The van der Waals surface area contributed by atoms with Gasteiger partial charge in [-0.1, -0.05) is 18.2 Å². The van der Waals surface area contributed by atoms with Gasteiger partial charge in [-0.05, 0) is 43.2 Å². The lowest BCUT2D eigenvalue weighted by Crippen LogP contribution is -2.41. The molecule has 0 spiro atoms. The average molecular weight is 398 g/mol. The molecule has 1 aliphatic heterocycles. The van der Waals surface area contributed by atoms with E-state index in [0.29, 0.717) is 13.1 Å². The van der Waals surface area contributed by atoms with E-state index in [-0.39, 0.29) is 6.10 Å². The lowest BCUT2D eigenvalue weighted by atomic mass is 10.2. The molecular weight excluding hydrogens is 366 g/mol. The number of hydrogen-bond acceptors (Lipinski definition) is 5. The minimum atomic E-state index is 0.245. The Kier molecular flexibility index (Phi) is 7.69. The molecule has 2 N–H and O–H groups in total. The van der Waals surface area contributed by atoms with Gasteiger partial charge in [-0.2, -0.15) is 0 Å². The summed E-state index contributed by atoms with van der Waals surface area (Å²) >= 11 is 0. The number of guanidine groups is 1. The summed E-state index contributed by atoms with van der Waals surface area (Å²) < 4.78 is 10.8. The zero-order valence-electron chi connectivity index (χ0n) is 17.5. The first-order chi connectivity index (χ1) is 14.2. The van der Waals surface area contributed by atoms with E-state index in [9.17, 15) is 0 Å². The van der Waals surface area contributed by atoms with Gasteiger partial charge < -0.3 is 25.0 Å². The Morgan fingerprint density at radius 1 is 1.21 bits per heavy atom. The first kappa shape index (κ1) is 20.9. The van der Waals surface area contributed by atoms with Crippen molar-refractivity contribution >= 4 is 11.8 Å². The van der Waals surface area contributed by atoms with Gasteiger partial charge in [-0.15, -0.1) is 0 Å². The second-order valence-electron chi connectivity index (χ2n) is 7.05. The maximum atomic E-state index is 5.60. The van der Waals surface area contributed by atoms with Crippen molar-refractivity contribution in [2.75, 3.05) is 38.3 Å². The molecule has 1 aromatic carbocycles. The van der Waals surface area contributed by atoms with E-state index in [4.69, 9.17) is 9.47 Å². The first-order valence-corrected chi connectivity index (χ1v) is 10.1. The van der Waals surface area contributed by atoms with E-state index < -0.39 is 0 Å². The van der Waals surface area contributed by atoms with Gasteiger partial charge in [0.2, 0.25) is 0 Å². The number of morpholine rings is 1. The summed E-state index contributed by atoms with van der Waals surface area (Å²) in [6, 6.07) is 12.2. The highest BCUT2D eigenvalue weighted by Crippen LogP contribution is 2.16. The highest BCUT2D eigenvalue weighted by Gasteiger charge is 2.17. The fourth-order valence-corrected chi connectivity index (χ4v) is 3.17. The minimum Gasteiger partial charge on any atom is -0.497 e. The van der Waals surface area contributed by atoms with Crippen molar-refractivity contribution in [1.82, 2.24) is 15.6 Å². The third-order valence-corrected chi connectivity index (χ3v) is 4.76. The molecule has 1 aliphatic rings. The Hall–Kier alpha value is -2.80. The van der Waals surface area contributed by atoms with Crippen LogP contribution >= 0.6 is 0 Å². The number of hydrogen-bond donors (Lipinski definition) is 2. The smallest absolute Gasteiger partial charge is 0.191 e. The lowest BCUT2D eigenvalue weighted by molar-refractivity contribution is 0.0529. The molecule has 1 unspecified atom stereocenters. The van der Waals surface area contributed by atoms with Crippen LogP contribution < -0.4 is 20.3 Å². The molecule has 1 aromatic heterocycles. The predicted molar refractivity (Wildman–Crippen MR) is 117 cm³/mol. The number of pyridine rings is 1. The topological polar surface area (TPSA) is 71.0 Å². The molecular formula is C22H31N5O2. The van der Waals surface area contributed by atoms with Crippen molar-refractivity contribution < 1.29 is 9.47 Å². The molecule has 1 atom stereocenters. The third kappa shape index (κ3) is 6.35. The van der Waals surface area contributed by atoms with Crippen molar-refractivity contribution in [2.24, 2.45) is 4.99 Å². The molecule has 0 amide bonds. The molecule has 2 aromatic rings. The maximum absolute atomic E-state index is 5.60. The van der Waals surface area contributed by atoms with Crippen LogP contribution in [0.3, 0.4) is 0 Å². The zero-order valence-corrected chi connectivity index (χ0v) is 17.5. The highest BCUT2D eigenvalue weighted by atomic mass is 16.5. The van der Waals surface area contributed by atoms with E-state index in [2.05, 4.69) is 51.5 Å². The number of anilines is 1. The van der Waals surface area contributed by atoms with Crippen molar-refractivity contribution in [3.63, 3.8) is 0 Å². The summed E-state index contributed by atoms with van der Waals surface area (Å²) in [5.74, 6) is 2.64. The first-order valence-electron chi connectivity index (χ1n) is 10.1. The van der Waals surface area contributed by atoms with Crippen molar-refractivity contribution in [2.45, 2.75) is 33.0 Å². The molecule has 2 heterocycles. The van der Waals surface area contributed by atoms with Crippen LogP contribution in [0.15, 0.2) is 47.6 Å². The second-order valence-corrected chi connectivity index (χ2v) is 7.05. The standard InChI is InChI=1S/C22H31N5O2/c1-4-23-22(25-13-18-5-8-20(28-3)9-6-18)26-15-19-7-10-21(24-14-19)27-11-12-29-17(2)16-27/h5-10,14,17H,4,11-13,15-16H2,1-3H3,(H2,23,25,26). The molecule has 0 radical (unpaired) electrons. The summed E-state index contributed by atoms with van der Waals surface area (Å²) in [5.41, 5.74) is 2.25. The van der Waals surface area contributed by atoms with Crippen LogP contribution in [0.4, 0.5) is 5.82 Å². The number of benzene rings is 1. The van der Waals surface area contributed by atoms with E-state index >= 15 is 0 Å². The largest absolute Gasteiger partial charge is 0.497 e. The number of methoxy groups -OCH3 is 1. The van der Waals surface area contributed by atoms with Crippen molar-refractivity contribution in [3.8, 4) is 5.75 Å². The van der Waals surface area contributed by atoms with E-state index in [0.717, 1.165) is 49.3 Å². The molecule has 7 nitrogen and oxygen atoms in total. The molecule has 1 fully saturated rings. The Morgan fingerprint density at radius 2 is 2.00 bits per heavy atom. The third-order valence-electron chi connectivity index (χ3n) is 4.76. The van der Waals surface area contributed by atoms with Crippen LogP contribution in [0.1, 0.15) is 25.0 Å². The SMILES string of the molecule is CCNC(=NCc1ccc(N2CCOC(C)C2)nc1)NCc1ccc(OC)cc1. The summed E-state index contributed by atoms with van der Waals surface area (Å²) in [6.45, 7) is 8.74. The van der Waals surface area contributed by atoms with Gasteiger partial charge in [0.05, 0.1) is 26.4 Å². The van der Waals surface area contributed by atoms with Crippen LogP contribution in [-0.2, 0) is 17.8 Å². The van der Waals surface area contributed by atoms with Crippen molar-refractivity contribution in [3.05, 3.63) is 53.7 Å². The molecule has 3 rings (SSSR count). The number of nitrogens with one attached hydrogen (secondary N) is 2. The van der Waals surface area contributed by atoms with Gasteiger partial charge in [0.1, 0.15) is 11.6 Å². The lowest BCUT2D eigenvalue weighted by Gasteiger charge is -2.32. The second kappa shape index (κ2) is 10.7. The number of aromatic nitrogens is 1. The summed E-state index contributed by atoms with van der Waals surface area (Å²) in [7, 11) is 1.67. The monoisotopic (exact) mass is 397 g/mol. The van der Waals surface area contributed by atoms with Gasteiger partial charge in [-0.3, -0.25) is 0 Å². The molecule has 29 heavy (non-hydrogen) atoms. The van der Waals surface area contributed by atoms with Crippen LogP contribution in [0, 0.1) is 0 Å². The fraction of sp³-hybridized carbons (Fsp3) is 0.455. The van der Waals surface area contributed by atoms with Crippen LogP contribution in [0.2, 0.25) is 0 Å². The Labute approximate surface area is 173 Å². The quantitative estimate of drug-likeness (QED) is 0.553. The highest BCUT2D eigenvalue weighted by molar-refractivity contribution is 5.79. The van der Waals surface area contributed by atoms with Gasteiger partial charge >= 0.3 is 0 Å². The van der Waals surface area contributed by atoms with Gasteiger partial charge in [0.25, 0.3) is 0 Å². The summed E-state index contributed by atoms with van der Waals surface area (Å²) in [6.07, 6.45) is 2.15. The fourth-order valence-electron chi connectivity index (χ4n) is 3.17. The van der Waals surface area contributed by atoms with Crippen LogP contribution in [0.5, 0.6) is 5.75 Å². The van der Waals surface area contributed by atoms with E-state index in [1.165, 1.54) is 5.56 Å². The molecule has 7 heteroatoms. The van der Waals surface area contributed by atoms with Crippen LogP contribution in [-0.4, -0.2) is 50.4 Å². The summed E-state index contributed by atoms with van der Waals surface area (Å²) in [4.78, 5) is 11.6. The normalized spacial score (nSPS) is 17.1.